The topological polar surface area (TPSA) is 58.6 Å². The summed E-state index contributed by atoms with van der Waals surface area (Å²) in [4.78, 5) is 11.7. The zero-order valence-corrected chi connectivity index (χ0v) is 11.8. The van der Waals surface area contributed by atoms with E-state index in [-0.39, 0.29) is 6.10 Å². The highest BCUT2D eigenvalue weighted by atomic mass is 16.5. The van der Waals surface area contributed by atoms with Gasteiger partial charge >= 0.3 is 5.97 Å². The summed E-state index contributed by atoms with van der Waals surface area (Å²) in [6, 6.07) is 6.18. The lowest BCUT2D eigenvalue weighted by atomic mass is 9.74. The Balaban J connectivity index is 1.74. The minimum Gasteiger partial charge on any atom is -0.490 e. The van der Waals surface area contributed by atoms with Crippen molar-refractivity contribution in [2.45, 2.75) is 38.7 Å². The average molecular weight is 275 g/mol. The first kappa shape index (κ1) is 13.4. The number of hydrogen-bond donors (Lipinski definition) is 2. The molecule has 1 unspecified atom stereocenters. The van der Waals surface area contributed by atoms with Gasteiger partial charge in [0.2, 0.25) is 0 Å². The number of carboxylic acid groups (broad SMARTS) is 1. The molecule has 0 aromatic heterocycles. The van der Waals surface area contributed by atoms with Gasteiger partial charge in [-0.1, -0.05) is 17.7 Å². The van der Waals surface area contributed by atoms with Crippen molar-refractivity contribution in [3.63, 3.8) is 0 Å². The molecule has 1 saturated heterocycles. The van der Waals surface area contributed by atoms with Crippen molar-refractivity contribution >= 4 is 5.97 Å². The third kappa shape index (κ3) is 2.40. The van der Waals surface area contributed by atoms with E-state index in [1.807, 2.05) is 12.1 Å². The molecule has 2 N–H and O–H groups in total. The molecule has 108 valence electrons. The van der Waals surface area contributed by atoms with Crippen LogP contribution in [-0.4, -0.2) is 30.3 Å². The molecule has 0 aliphatic carbocycles. The first-order valence-electron chi connectivity index (χ1n) is 7.29. The number of nitrogens with one attached hydrogen (secondary N) is 1. The van der Waals surface area contributed by atoms with E-state index in [1.165, 1.54) is 11.1 Å². The van der Waals surface area contributed by atoms with E-state index < -0.39 is 11.4 Å². The molecule has 1 atom stereocenters. The Morgan fingerprint density at radius 1 is 1.45 bits per heavy atom. The van der Waals surface area contributed by atoms with Gasteiger partial charge in [0.05, 0.1) is 5.41 Å². The predicted octanol–water partition coefficient (Wildman–Crippen LogP) is 2.14. The molecule has 4 heteroatoms. The summed E-state index contributed by atoms with van der Waals surface area (Å²) in [7, 11) is 0. The van der Waals surface area contributed by atoms with Gasteiger partial charge < -0.3 is 15.2 Å². The number of rotatable bonds is 3. The van der Waals surface area contributed by atoms with E-state index in [2.05, 4.69) is 18.3 Å². The number of piperidine rings is 1. The number of ether oxygens (including phenoxy) is 1. The zero-order chi connectivity index (χ0) is 14.2. The van der Waals surface area contributed by atoms with Gasteiger partial charge in [0.15, 0.2) is 0 Å². The fourth-order valence-electron chi connectivity index (χ4n) is 3.41. The average Bonchev–Trinajstić information content (AvgIpc) is 2.80. The van der Waals surface area contributed by atoms with E-state index >= 15 is 0 Å². The lowest BCUT2D eigenvalue weighted by Crippen LogP contribution is -2.44. The smallest absolute Gasteiger partial charge is 0.309 e. The molecule has 4 nitrogen and oxygen atoms in total. The van der Waals surface area contributed by atoms with Crippen molar-refractivity contribution in [3.05, 3.63) is 29.3 Å². The lowest BCUT2D eigenvalue weighted by molar-refractivity contribution is -0.152. The van der Waals surface area contributed by atoms with Crippen LogP contribution in [0.15, 0.2) is 18.2 Å². The summed E-state index contributed by atoms with van der Waals surface area (Å²) in [6.45, 7) is 3.63. The highest BCUT2D eigenvalue weighted by Crippen LogP contribution is 2.39. The standard InChI is InChI=1S/C16H21NO3/c1-11-2-3-14-12(8-11)9-13(20-14)10-16(15(18)19)4-6-17-7-5-16/h2-3,8,13,17H,4-7,9-10H2,1H3,(H,18,19). The van der Waals surface area contributed by atoms with Gasteiger partial charge in [-0.05, 0) is 44.5 Å². The molecule has 1 aromatic carbocycles. The van der Waals surface area contributed by atoms with Crippen LogP contribution in [0.2, 0.25) is 0 Å². The first-order chi connectivity index (χ1) is 9.59. The zero-order valence-electron chi connectivity index (χ0n) is 11.8. The number of carbonyl (C=O) groups is 1. The first-order valence-corrected chi connectivity index (χ1v) is 7.29. The highest BCUT2D eigenvalue weighted by Gasteiger charge is 2.43. The second kappa shape index (κ2) is 5.09. The predicted molar refractivity (Wildman–Crippen MR) is 76.1 cm³/mol. The molecule has 2 heterocycles. The van der Waals surface area contributed by atoms with Gasteiger partial charge in [0.25, 0.3) is 0 Å². The van der Waals surface area contributed by atoms with Gasteiger partial charge in [-0.3, -0.25) is 4.79 Å². The Hall–Kier alpha value is -1.55. The van der Waals surface area contributed by atoms with Gasteiger partial charge in [-0.15, -0.1) is 0 Å². The Morgan fingerprint density at radius 3 is 2.90 bits per heavy atom. The number of hydrogen-bond acceptors (Lipinski definition) is 3. The molecule has 0 saturated carbocycles. The number of aryl methyl sites for hydroxylation is 1. The van der Waals surface area contributed by atoms with Crippen molar-refractivity contribution in [1.29, 1.82) is 0 Å². The van der Waals surface area contributed by atoms with E-state index in [9.17, 15) is 9.90 Å². The number of aliphatic carboxylic acids is 1. The number of benzene rings is 1. The van der Waals surface area contributed by atoms with Gasteiger partial charge in [-0.2, -0.15) is 0 Å². The molecule has 0 radical (unpaired) electrons. The van der Waals surface area contributed by atoms with Gasteiger partial charge in [0, 0.05) is 12.8 Å². The van der Waals surface area contributed by atoms with Crippen LogP contribution in [0.3, 0.4) is 0 Å². The molecule has 20 heavy (non-hydrogen) atoms. The third-order valence-electron chi connectivity index (χ3n) is 4.59. The van der Waals surface area contributed by atoms with Crippen molar-refractivity contribution in [2.24, 2.45) is 5.41 Å². The van der Waals surface area contributed by atoms with Crippen LogP contribution in [0.25, 0.3) is 0 Å². The maximum atomic E-state index is 11.7. The van der Waals surface area contributed by atoms with Crippen LogP contribution < -0.4 is 10.1 Å². The lowest BCUT2D eigenvalue weighted by Gasteiger charge is -2.35. The van der Waals surface area contributed by atoms with Crippen LogP contribution >= 0.6 is 0 Å². The molecule has 3 rings (SSSR count). The van der Waals surface area contributed by atoms with Crippen molar-refractivity contribution < 1.29 is 14.6 Å². The molecule has 2 aliphatic rings. The summed E-state index contributed by atoms with van der Waals surface area (Å²) in [5.41, 5.74) is 1.82. The highest BCUT2D eigenvalue weighted by molar-refractivity contribution is 5.75. The van der Waals surface area contributed by atoms with Crippen LogP contribution in [0.4, 0.5) is 0 Å². The van der Waals surface area contributed by atoms with Crippen molar-refractivity contribution in [3.8, 4) is 5.75 Å². The fraction of sp³-hybridized carbons (Fsp3) is 0.562. The van der Waals surface area contributed by atoms with E-state index in [0.29, 0.717) is 19.3 Å². The number of fused-ring (bicyclic) bond motifs is 1. The van der Waals surface area contributed by atoms with Crippen LogP contribution in [0, 0.1) is 12.3 Å². The quantitative estimate of drug-likeness (QED) is 0.887. The molecule has 0 amide bonds. The maximum absolute atomic E-state index is 11.7. The van der Waals surface area contributed by atoms with Crippen LogP contribution in [0.5, 0.6) is 5.75 Å². The maximum Gasteiger partial charge on any atom is 0.309 e. The Morgan fingerprint density at radius 2 is 2.20 bits per heavy atom. The fourth-order valence-corrected chi connectivity index (χ4v) is 3.41. The second-order valence-electron chi connectivity index (χ2n) is 6.09. The Labute approximate surface area is 119 Å². The summed E-state index contributed by atoms with van der Waals surface area (Å²) >= 11 is 0. The molecule has 1 fully saturated rings. The summed E-state index contributed by atoms with van der Waals surface area (Å²) in [6.07, 6.45) is 2.83. The minimum absolute atomic E-state index is 0.000926. The third-order valence-corrected chi connectivity index (χ3v) is 4.59. The largest absolute Gasteiger partial charge is 0.490 e. The van der Waals surface area contributed by atoms with Crippen LogP contribution in [-0.2, 0) is 11.2 Å². The monoisotopic (exact) mass is 275 g/mol. The van der Waals surface area contributed by atoms with E-state index in [4.69, 9.17) is 4.74 Å². The van der Waals surface area contributed by atoms with Gasteiger partial charge in [0.1, 0.15) is 11.9 Å². The molecule has 0 bridgehead atoms. The summed E-state index contributed by atoms with van der Waals surface area (Å²) in [5, 5.41) is 12.9. The SMILES string of the molecule is Cc1ccc2c(c1)CC(CC1(C(=O)O)CCNCC1)O2. The molecule has 1 aromatic rings. The summed E-state index contributed by atoms with van der Waals surface area (Å²) in [5.74, 6) is 0.254. The second-order valence-corrected chi connectivity index (χ2v) is 6.09. The van der Waals surface area contributed by atoms with Crippen molar-refractivity contribution in [1.82, 2.24) is 5.32 Å². The van der Waals surface area contributed by atoms with Gasteiger partial charge in [-0.25, -0.2) is 0 Å². The van der Waals surface area contributed by atoms with E-state index in [0.717, 1.165) is 25.3 Å². The number of carboxylic acids is 1. The Kier molecular flexibility index (Phi) is 3.42. The van der Waals surface area contributed by atoms with E-state index in [1.54, 1.807) is 0 Å². The van der Waals surface area contributed by atoms with Crippen molar-refractivity contribution in [2.75, 3.05) is 13.1 Å². The normalized spacial score (nSPS) is 23.9. The molecular formula is C16H21NO3. The van der Waals surface area contributed by atoms with Crippen LogP contribution in [0.1, 0.15) is 30.4 Å². The molecular weight excluding hydrogens is 254 g/mol. The summed E-state index contributed by atoms with van der Waals surface area (Å²) < 4.78 is 5.96. The molecule has 2 aliphatic heterocycles. The Bertz CT molecular complexity index is 520. The molecule has 0 spiro atoms. The minimum atomic E-state index is -0.672.